The molecule has 4 aromatic carbocycles. The monoisotopic (exact) mass is 364 g/mol. The zero-order valence-electron chi connectivity index (χ0n) is 14.8. The van der Waals surface area contributed by atoms with Crippen molar-refractivity contribution >= 4 is 0 Å². The molecule has 0 aliphatic heterocycles. The summed E-state index contributed by atoms with van der Waals surface area (Å²) < 4.78 is 28.4. The number of hydrogen-bond donors (Lipinski definition) is 0. The lowest BCUT2D eigenvalue weighted by Gasteiger charge is -2.13. The van der Waals surface area contributed by atoms with Crippen LogP contribution in [-0.4, -0.2) is 0 Å². The molecule has 0 atom stereocenters. The molecule has 0 bridgehead atoms. The second kappa shape index (κ2) is 5.49. The normalized spacial score (nSPS) is 13.2. The third-order valence-electron chi connectivity index (χ3n) is 5.73. The predicted octanol–water partition coefficient (Wildman–Crippen LogP) is 6.57. The summed E-state index contributed by atoms with van der Waals surface area (Å²) in [6.45, 7) is 0. The van der Waals surface area contributed by atoms with Crippen LogP contribution in [0.15, 0.2) is 84.9 Å². The largest absolute Gasteiger partial charge is 0.198 e. The Labute approximate surface area is 162 Å². The molecule has 0 saturated heterocycles. The molecule has 0 heterocycles. The van der Waals surface area contributed by atoms with E-state index in [-0.39, 0.29) is 11.6 Å². The van der Waals surface area contributed by atoms with E-state index in [9.17, 15) is 8.78 Å². The smallest absolute Gasteiger partial charge is 0.157 e. The van der Waals surface area contributed by atoms with Gasteiger partial charge in [0.15, 0.2) is 11.6 Å². The van der Waals surface area contributed by atoms with Gasteiger partial charge in [0.05, 0.1) is 22.3 Å². The minimum absolute atomic E-state index is 0.287. The Morgan fingerprint density at radius 1 is 0.429 bits per heavy atom. The van der Waals surface area contributed by atoms with E-state index >= 15 is 0 Å². The first-order valence-electron chi connectivity index (χ1n) is 9.26. The topological polar surface area (TPSA) is 0 Å². The molecule has 2 aliphatic rings. The zero-order valence-corrected chi connectivity index (χ0v) is 14.8. The lowest BCUT2D eigenvalue weighted by molar-refractivity contribution is 0.626. The highest BCUT2D eigenvalue weighted by atomic mass is 19.1. The Hall–Kier alpha value is -3.52. The van der Waals surface area contributed by atoms with Crippen molar-refractivity contribution < 1.29 is 8.78 Å². The van der Waals surface area contributed by atoms with Crippen LogP contribution in [0.3, 0.4) is 0 Å². The van der Waals surface area contributed by atoms with Crippen molar-refractivity contribution in [2.45, 2.75) is 0 Å². The highest BCUT2D eigenvalue weighted by Crippen LogP contribution is 2.57. The highest BCUT2D eigenvalue weighted by Gasteiger charge is 2.51. The quantitative estimate of drug-likeness (QED) is 0.335. The van der Waals surface area contributed by atoms with E-state index in [1.165, 1.54) is 12.1 Å². The van der Waals surface area contributed by atoms with Gasteiger partial charge < -0.3 is 0 Å². The van der Waals surface area contributed by atoms with Crippen LogP contribution in [0.2, 0.25) is 0 Å². The van der Waals surface area contributed by atoms with Crippen LogP contribution >= 0.6 is 0 Å². The Balaban J connectivity index is 1.68. The van der Waals surface area contributed by atoms with Gasteiger partial charge in [0.25, 0.3) is 0 Å². The van der Waals surface area contributed by atoms with Crippen LogP contribution in [0.1, 0.15) is 22.3 Å². The fourth-order valence-corrected chi connectivity index (χ4v) is 4.62. The third-order valence-corrected chi connectivity index (χ3v) is 5.73. The van der Waals surface area contributed by atoms with Crippen LogP contribution in [0.4, 0.5) is 8.78 Å². The highest BCUT2D eigenvalue weighted by molar-refractivity contribution is 5.94. The molecule has 0 nitrogen and oxygen atoms in total. The summed E-state index contributed by atoms with van der Waals surface area (Å²) in [6.07, 6.45) is 0. The van der Waals surface area contributed by atoms with Gasteiger partial charge in [-0.3, -0.25) is 0 Å². The first-order chi connectivity index (χ1) is 13.7. The molecule has 0 unspecified atom stereocenters. The molecule has 6 rings (SSSR count). The third kappa shape index (κ3) is 1.97. The number of rotatable bonds is 1. The van der Waals surface area contributed by atoms with Crippen LogP contribution < -0.4 is 0 Å². The molecular weight excluding hydrogens is 350 g/mol. The SMILES string of the molecule is Fc1ccc2c(c1)[C+]([C+]1c3ccccc3-c3ccccc31)c1cc(F)ccc1-2. The van der Waals surface area contributed by atoms with E-state index in [1.54, 1.807) is 24.3 Å². The van der Waals surface area contributed by atoms with Crippen molar-refractivity contribution in [3.8, 4) is 22.3 Å². The molecule has 0 radical (unpaired) electrons. The fraction of sp³-hybridized carbons (Fsp3) is 0. The van der Waals surface area contributed by atoms with Gasteiger partial charge in [0.1, 0.15) is 34.1 Å². The summed E-state index contributed by atoms with van der Waals surface area (Å²) in [5.41, 5.74) is 8.05. The molecule has 130 valence electrons. The molecule has 0 amide bonds. The molecular formula is C26H14F2+2. The maximum absolute atomic E-state index is 14.2. The fourth-order valence-electron chi connectivity index (χ4n) is 4.62. The van der Waals surface area contributed by atoms with E-state index in [2.05, 4.69) is 24.3 Å². The first-order valence-corrected chi connectivity index (χ1v) is 9.26. The van der Waals surface area contributed by atoms with Gasteiger partial charge in [-0.1, -0.05) is 0 Å². The molecule has 2 heteroatoms. The zero-order chi connectivity index (χ0) is 18.8. The average Bonchev–Trinajstić information content (AvgIpc) is 3.19. The summed E-state index contributed by atoms with van der Waals surface area (Å²) in [5.74, 6) is 1.37. The molecule has 2 aliphatic carbocycles. The molecule has 0 spiro atoms. The minimum atomic E-state index is -0.287. The van der Waals surface area contributed by atoms with Crippen molar-refractivity contribution in [3.05, 3.63) is 131 Å². The van der Waals surface area contributed by atoms with E-state index in [4.69, 9.17) is 0 Å². The lowest BCUT2D eigenvalue weighted by atomic mass is 9.78. The number of benzene rings is 4. The Morgan fingerprint density at radius 3 is 1.32 bits per heavy atom. The summed E-state index contributed by atoms with van der Waals surface area (Å²) in [6, 6.07) is 26.1. The minimum Gasteiger partial charge on any atom is -0.198 e. The summed E-state index contributed by atoms with van der Waals surface area (Å²) >= 11 is 0. The van der Waals surface area contributed by atoms with E-state index in [0.29, 0.717) is 0 Å². The van der Waals surface area contributed by atoms with Gasteiger partial charge in [-0.2, -0.15) is 8.78 Å². The van der Waals surface area contributed by atoms with Crippen molar-refractivity contribution in [1.82, 2.24) is 0 Å². The van der Waals surface area contributed by atoms with Crippen LogP contribution in [0.25, 0.3) is 22.3 Å². The molecule has 4 aromatic rings. The second-order valence-electron chi connectivity index (χ2n) is 7.22. The number of halogens is 2. The van der Waals surface area contributed by atoms with Gasteiger partial charge >= 0.3 is 0 Å². The Morgan fingerprint density at radius 2 is 0.821 bits per heavy atom. The second-order valence-corrected chi connectivity index (χ2v) is 7.22. The predicted molar refractivity (Wildman–Crippen MR) is 107 cm³/mol. The summed E-state index contributed by atoms with van der Waals surface area (Å²) in [5, 5.41) is 0. The summed E-state index contributed by atoms with van der Waals surface area (Å²) in [4.78, 5) is 0. The summed E-state index contributed by atoms with van der Waals surface area (Å²) in [7, 11) is 0. The van der Waals surface area contributed by atoms with Crippen LogP contribution in [-0.2, 0) is 0 Å². The first kappa shape index (κ1) is 15.5. The van der Waals surface area contributed by atoms with Crippen LogP contribution in [0.5, 0.6) is 0 Å². The molecule has 0 aromatic heterocycles. The number of hydrogen-bond acceptors (Lipinski definition) is 0. The van der Waals surface area contributed by atoms with E-state index in [1.807, 2.05) is 24.3 Å². The maximum Gasteiger partial charge on any atom is 0.157 e. The standard InChI is InChI=1S/C26H14F2/c27-15-9-11-19-20-12-10-16(28)14-24(20)26(23(19)13-15)25-21-7-3-1-5-17(21)18-6-2-4-8-22(18)25/h1-14H/q+2. The molecule has 28 heavy (non-hydrogen) atoms. The van der Waals surface area contributed by atoms with E-state index < -0.39 is 0 Å². The molecule has 0 fully saturated rings. The Bertz CT molecular complexity index is 1160. The van der Waals surface area contributed by atoms with Gasteiger partial charge in [0.2, 0.25) is 0 Å². The van der Waals surface area contributed by atoms with Gasteiger partial charge in [0, 0.05) is 24.3 Å². The average molecular weight is 364 g/mol. The maximum atomic E-state index is 14.2. The van der Waals surface area contributed by atoms with Gasteiger partial charge in [-0.25, -0.2) is 0 Å². The van der Waals surface area contributed by atoms with Crippen molar-refractivity contribution in [1.29, 1.82) is 0 Å². The van der Waals surface area contributed by atoms with Crippen LogP contribution in [0, 0.1) is 23.5 Å². The van der Waals surface area contributed by atoms with E-state index in [0.717, 1.165) is 56.3 Å². The van der Waals surface area contributed by atoms with Crippen molar-refractivity contribution in [2.75, 3.05) is 0 Å². The molecule has 0 N–H and O–H groups in total. The van der Waals surface area contributed by atoms with Gasteiger partial charge in [-0.05, 0) is 60.7 Å². The molecule has 0 saturated carbocycles. The lowest BCUT2D eigenvalue weighted by Crippen LogP contribution is -2.12. The van der Waals surface area contributed by atoms with Crippen molar-refractivity contribution in [2.24, 2.45) is 0 Å². The number of fused-ring (bicyclic) bond motifs is 6. The Kier molecular flexibility index (Phi) is 3.05. The van der Waals surface area contributed by atoms with Gasteiger partial charge in [-0.15, -0.1) is 0 Å². The van der Waals surface area contributed by atoms with Crippen molar-refractivity contribution in [3.63, 3.8) is 0 Å².